The van der Waals surface area contributed by atoms with E-state index in [0.717, 1.165) is 0 Å². The Balaban J connectivity index is 2.09. The van der Waals surface area contributed by atoms with Crippen molar-refractivity contribution >= 4 is 11.7 Å². The van der Waals surface area contributed by atoms with Gasteiger partial charge in [-0.2, -0.15) is 0 Å². The van der Waals surface area contributed by atoms with Crippen LogP contribution in [-0.4, -0.2) is 18.0 Å². The normalized spacial score (nSPS) is 10.1. The summed E-state index contributed by atoms with van der Waals surface area (Å²) in [6, 6.07) is 7.35. The largest absolute Gasteiger partial charge is 0.488 e. The Labute approximate surface area is 113 Å². The van der Waals surface area contributed by atoms with Crippen LogP contribution in [0.1, 0.15) is 16.1 Å². The van der Waals surface area contributed by atoms with E-state index in [1.165, 1.54) is 31.6 Å². The fourth-order valence-corrected chi connectivity index (χ4v) is 1.57. The van der Waals surface area contributed by atoms with Crippen LogP contribution >= 0.6 is 0 Å². The van der Waals surface area contributed by atoms with Gasteiger partial charge >= 0.3 is 5.97 Å². The quantitative estimate of drug-likeness (QED) is 0.473. The van der Waals surface area contributed by atoms with Crippen LogP contribution < -0.4 is 4.74 Å². The summed E-state index contributed by atoms with van der Waals surface area (Å²) in [6.07, 6.45) is 1.35. The highest BCUT2D eigenvalue weighted by Crippen LogP contribution is 2.21. The van der Waals surface area contributed by atoms with Crippen LogP contribution in [0.2, 0.25) is 0 Å². The maximum Gasteiger partial charge on any atom is 0.374 e. The number of non-ortho nitro benzene ring substituents is 1. The number of nitro benzene ring substituents is 1. The molecule has 0 radical (unpaired) electrons. The van der Waals surface area contributed by atoms with E-state index < -0.39 is 10.9 Å². The summed E-state index contributed by atoms with van der Waals surface area (Å²) in [5, 5.41) is 10.6. The second kappa shape index (κ2) is 5.87. The van der Waals surface area contributed by atoms with E-state index in [0.29, 0.717) is 11.3 Å². The lowest BCUT2D eigenvalue weighted by Gasteiger charge is -2.05. The van der Waals surface area contributed by atoms with Crippen molar-refractivity contribution in [3.05, 3.63) is 58.0 Å². The first-order chi connectivity index (χ1) is 9.61. The minimum absolute atomic E-state index is 0.0438. The number of hydrogen-bond donors (Lipinski definition) is 0. The predicted molar refractivity (Wildman–Crippen MR) is 67.5 cm³/mol. The van der Waals surface area contributed by atoms with Crippen molar-refractivity contribution < 1.29 is 23.6 Å². The van der Waals surface area contributed by atoms with Crippen molar-refractivity contribution in [2.24, 2.45) is 0 Å². The van der Waals surface area contributed by atoms with E-state index in [1.54, 1.807) is 12.1 Å². The molecule has 0 atom stereocenters. The van der Waals surface area contributed by atoms with Gasteiger partial charge in [0.1, 0.15) is 12.4 Å². The number of ether oxygens (including phenoxy) is 2. The highest BCUT2D eigenvalue weighted by molar-refractivity contribution is 5.87. The summed E-state index contributed by atoms with van der Waals surface area (Å²) in [5.41, 5.74) is 0.436. The molecule has 7 heteroatoms. The summed E-state index contributed by atoms with van der Waals surface area (Å²) in [7, 11) is 1.25. The molecule has 2 rings (SSSR count). The van der Waals surface area contributed by atoms with Gasteiger partial charge in [-0.1, -0.05) is 6.07 Å². The standard InChI is InChI=1S/C13H11NO6/c1-18-13(15)12-9(5-6-19-12)8-20-11-4-2-3-10(7-11)14(16)17/h2-7H,8H2,1H3. The molecule has 2 aromatic rings. The van der Waals surface area contributed by atoms with Gasteiger partial charge in [-0.3, -0.25) is 10.1 Å². The van der Waals surface area contributed by atoms with Gasteiger partial charge in [-0.05, 0) is 12.1 Å². The number of hydrogen-bond acceptors (Lipinski definition) is 6. The van der Waals surface area contributed by atoms with E-state index in [9.17, 15) is 14.9 Å². The SMILES string of the molecule is COC(=O)c1occc1COc1cccc([N+](=O)[O-])c1. The molecular formula is C13H11NO6. The number of carbonyl (C=O) groups excluding carboxylic acids is 1. The van der Waals surface area contributed by atoms with Crippen LogP contribution in [0.25, 0.3) is 0 Å². The zero-order chi connectivity index (χ0) is 14.5. The summed E-state index contributed by atoms with van der Waals surface area (Å²) in [4.78, 5) is 21.5. The van der Waals surface area contributed by atoms with Crippen molar-refractivity contribution in [2.75, 3.05) is 7.11 Å². The molecule has 20 heavy (non-hydrogen) atoms. The molecule has 104 valence electrons. The molecule has 0 saturated heterocycles. The number of nitrogens with zero attached hydrogens (tertiary/aromatic N) is 1. The Morgan fingerprint density at radius 1 is 1.40 bits per heavy atom. The molecular weight excluding hydrogens is 266 g/mol. The number of benzene rings is 1. The smallest absolute Gasteiger partial charge is 0.374 e. The van der Waals surface area contributed by atoms with Crippen LogP contribution in [0.15, 0.2) is 41.0 Å². The number of rotatable bonds is 5. The van der Waals surface area contributed by atoms with E-state index in [1.807, 2.05) is 0 Å². The Morgan fingerprint density at radius 2 is 2.20 bits per heavy atom. The molecule has 1 aromatic heterocycles. The van der Waals surface area contributed by atoms with Crippen LogP contribution in [0.3, 0.4) is 0 Å². The third-order valence-corrected chi connectivity index (χ3v) is 2.54. The molecule has 0 unspecified atom stereocenters. The molecule has 0 spiro atoms. The molecule has 0 aliphatic carbocycles. The Bertz CT molecular complexity index is 633. The second-order valence-electron chi connectivity index (χ2n) is 3.81. The van der Waals surface area contributed by atoms with Gasteiger partial charge in [0, 0.05) is 11.6 Å². The Kier molecular flexibility index (Phi) is 3.99. The van der Waals surface area contributed by atoms with Gasteiger partial charge in [0.05, 0.1) is 24.4 Å². The summed E-state index contributed by atoms with van der Waals surface area (Å²) < 4.78 is 15.0. The average Bonchev–Trinajstić information content (AvgIpc) is 2.93. The molecule has 7 nitrogen and oxygen atoms in total. The molecule has 1 heterocycles. The summed E-state index contributed by atoms with van der Waals surface area (Å²) >= 11 is 0. The number of methoxy groups -OCH3 is 1. The van der Waals surface area contributed by atoms with E-state index in [-0.39, 0.29) is 18.1 Å². The molecule has 0 N–H and O–H groups in total. The van der Waals surface area contributed by atoms with Crippen molar-refractivity contribution in [1.29, 1.82) is 0 Å². The lowest BCUT2D eigenvalue weighted by atomic mass is 10.2. The highest BCUT2D eigenvalue weighted by Gasteiger charge is 2.16. The van der Waals surface area contributed by atoms with E-state index >= 15 is 0 Å². The molecule has 0 aliphatic heterocycles. The number of carbonyl (C=O) groups is 1. The van der Waals surface area contributed by atoms with Crippen molar-refractivity contribution in [2.45, 2.75) is 6.61 Å². The Morgan fingerprint density at radius 3 is 2.90 bits per heavy atom. The molecule has 0 fully saturated rings. The number of furan rings is 1. The molecule has 0 bridgehead atoms. The first kappa shape index (κ1) is 13.6. The van der Waals surface area contributed by atoms with Crippen LogP contribution in [0.5, 0.6) is 5.75 Å². The van der Waals surface area contributed by atoms with E-state index in [4.69, 9.17) is 9.15 Å². The Hall–Kier alpha value is -2.83. The first-order valence-electron chi connectivity index (χ1n) is 5.63. The van der Waals surface area contributed by atoms with Gasteiger partial charge < -0.3 is 13.9 Å². The van der Waals surface area contributed by atoms with Gasteiger partial charge in [-0.15, -0.1) is 0 Å². The van der Waals surface area contributed by atoms with Gasteiger partial charge in [-0.25, -0.2) is 4.79 Å². The fraction of sp³-hybridized carbons (Fsp3) is 0.154. The molecule has 0 aliphatic rings. The topological polar surface area (TPSA) is 91.8 Å². The zero-order valence-electron chi connectivity index (χ0n) is 10.6. The zero-order valence-corrected chi connectivity index (χ0v) is 10.6. The van der Waals surface area contributed by atoms with Crippen molar-refractivity contribution in [1.82, 2.24) is 0 Å². The monoisotopic (exact) mass is 277 g/mol. The third kappa shape index (κ3) is 2.94. The van der Waals surface area contributed by atoms with Crippen LogP contribution in [0, 0.1) is 10.1 Å². The third-order valence-electron chi connectivity index (χ3n) is 2.54. The van der Waals surface area contributed by atoms with Gasteiger partial charge in [0.2, 0.25) is 5.76 Å². The summed E-state index contributed by atoms with van der Waals surface area (Å²) in [5.74, 6) is -0.221. The van der Waals surface area contributed by atoms with Gasteiger partial charge in [0.25, 0.3) is 5.69 Å². The average molecular weight is 277 g/mol. The minimum Gasteiger partial charge on any atom is -0.488 e. The fourth-order valence-electron chi connectivity index (χ4n) is 1.57. The second-order valence-corrected chi connectivity index (χ2v) is 3.81. The van der Waals surface area contributed by atoms with Crippen molar-refractivity contribution in [3.63, 3.8) is 0 Å². The maximum atomic E-state index is 11.4. The number of nitro groups is 1. The number of esters is 1. The van der Waals surface area contributed by atoms with Gasteiger partial charge in [0.15, 0.2) is 0 Å². The van der Waals surface area contributed by atoms with Crippen molar-refractivity contribution in [3.8, 4) is 5.75 Å². The molecule has 1 aromatic carbocycles. The lowest BCUT2D eigenvalue weighted by molar-refractivity contribution is -0.384. The predicted octanol–water partition coefficient (Wildman–Crippen LogP) is 2.55. The molecule has 0 saturated carbocycles. The lowest BCUT2D eigenvalue weighted by Crippen LogP contribution is -2.05. The highest BCUT2D eigenvalue weighted by atomic mass is 16.6. The van der Waals surface area contributed by atoms with Crippen LogP contribution in [-0.2, 0) is 11.3 Å². The molecule has 0 amide bonds. The maximum absolute atomic E-state index is 11.4. The van der Waals surface area contributed by atoms with E-state index in [2.05, 4.69) is 4.74 Å². The summed E-state index contributed by atoms with van der Waals surface area (Å²) in [6.45, 7) is 0.0438. The van der Waals surface area contributed by atoms with Crippen LogP contribution in [0.4, 0.5) is 5.69 Å². The minimum atomic E-state index is -0.604. The first-order valence-corrected chi connectivity index (χ1v) is 5.63.